The van der Waals surface area contributed by atoms with E-state index in [1.165, 1.54) is 11.6 Å². The van der Waals surface area contributed by atoms with E-state index in [1.54, 1.807) is 13.8 Å². The average Bonchev–Trinajstić information content (AvgIpc) is 2.67. The van der Waals surface area contributed by atoms with Gasteiger partial charge < -0.3 is 5.32 Å². The number of anilines is 1. The van der Waals surface area contributed by atoms with Crippen LogP contribution in [0.4, 0.5) is 14.5 Å². The highest BCUT2D eigenvalue weighted by Gasteiger charge is 2.22. The highest BCUT2D eigenvalue weighted by Crippen LogP contribution is 2.18. The fourth-order valence-corrected chi connectivity index (χ4v) is 3.23. The minimum atomic E-state index is -1.01. The number of aromatic nitrogens is 3. The van der Waals surface area contributed by atoms with Crippen molar-refractivity contribution in [3.05, 3.63) is 72.7 Å². The van der Waals surface area contributed by atoms with Crippen molar-refractivity contribution in [3.63, 3.8) is 0 Å². The Hall–Kier alpha value is -3.56. The van der Waals surface area contributed by atoms with Gasteiger partial charge in [0.2, 0.25) is 0 Å². The van der Waals surface area contributed by atoms with E-state index < -0.39 is 34.3 Å². The van der Waals surface area contributed by atoms with Gasteiger partial charge in [-0.2, -0.15) is 0 Å². The number of nitrogens with one attached hydrogen (secondary N) is 1. The predicted molar refractivity (Wildman–Crippen MR) is 103 cm³/mol. The summed E-state index contributed by atoms with van der Waals surface area (Å²) in [6.45, 7) is 3.47. The minimum Gasteiger partial charge on any atom is -0.319 e. The monoisotopic (exact) mass is 404 g/mol. The molecule has 0 aliphatic heterocycles. The van der Waals surface area contributed by atoms with Crippen LogP contribution < -0.4 is 22.1 Å². The molecule has 3 aromatic rings. The summed E-state index contributed by atoms with van der Waals surface area (Å²) < 4.78 is 30.3. The van der Waals surface area contributed by atoms with Crippen LogP contribution in [0.1, 0.15) is 24.2 Å². The number of pyridine rings is 1. The number of hydrogen-bond acceptors (Lipinski definition) is 4. The van der Waals surface area contributed by atoms with E-state index in [-0.39, 0.29) is 35.4 Å². The molecule has 3 rings (SSSR count). The van der Waals surface area contributed by atoms with Crippen LogP contribution in [0, 0.1) is 11.6 Å². The number of hydrogen-bond donors (Lipinski definition) is 1. The molecule has 0 aliphatic carbocycles. The van der Waals surface area contributed by atoms with Gasteiger partial charge in [0.25, 0.3) is 17.0 Å². The van der Waals surface area contributed by atoms with Gasteiger partial charge in [0.1, 0.15) is 17.3 Å². The number of fused-ring (bicyclic) bond motifs is 1. The SMILES string of the molecule is CCn1c(=O)c2c(C(=O)Nc3ccc(F)cc3F)cc(=O)n(CC)c2n(C)c1=O. The molecule has 2 aromatic heterocycles. The number of carbonyl (C=O) groups excluding carboxylic acids is 1. The summed E-state index contributed by atoms with van der Waals surface area (Å²) in [5.74, 6) is -2.76. The topological polar surface area (TPSA) is 95.1 Å². The molecule has 1 amide bonds. The van der Waals surface area contributed by atoms with Gasteiger partial charge in [-0.15, -0.1) is 0 Å². The second kappa shape index (κ2) is 7.46. The van der Waals surface area contributed by atoms with Crippen molar-refractivity contribution in [2.24, 2.45) is 7.05 Å². The number of amides is 1. The Morgan fingerprint density at radius 1 is 1.03 bits per heavy atom. The lowest BCUT2D eigenvalue weighted by molar-refractivity contribution is 0.102. The molecule has 10 heteroatoms. The predicted octanol–water partition coefficient (Wildman–Crippen LogP) is 1.43. The number of halogens is 2. The van der Waals surface area contributed by atoms with Crippen molar-refractivity contribution in [3.8, 4) is 0 Å². The molecule has 0 aliphatic rings. The lowest BCUT2D eigenvalue weighted by Gasteiger charge is -2.16. The van der Waals surface area contributed by atoms with E-state index in [9.17, 15) is 28.0 Å². The summed E-state index contributed by atoms with van der Waals surface area (Å²) in [6.07, 6.45) is 0. The van der Waals surface area contributed by atoms with Gasteiger partial charge in [-0.1, -0.05) is 0 Å². The number of carbonyl (C=O) groups is 1. The standard InChI is InChI=1S/C19H18F2N4O4/c1-4-24-14(26)9-11(16(27)22-13-7-6-10(20)8-12(13)21)15-17(24)23(3)19(29)25(5-2)18(15)28/h6-9H,4-5H2,1-3H3,(H,22,27). The molecule has 0 saturated carbocycles. The number of aryl methyl sites for hydroxylation is 2. The van der Waals surface area contributed by atoms with Crippen LogP contribution in [0.2, 0.25) is 0 Å². The van der Waals surface area contributed by atoms with Gasteiger partial charge in [0, 0.05) is 32.3 Å². The third kappa shape index (κ3) is 3.26. The van der Waals surface area contributed by atoms with Crippen LogP contribution in [-0.2, 0) is 20.1 Å². The molecular formula is C19H18F2N4O4. The first-order valence-corrected chi connectivity index (χ1v) is 8.85. The average molecular weight is 404 g/mol. The molecule has 0 bridgehead atoms. The van der Waals surface area contributed by atoms with Crippen molar-refractivity contribution in [1.29, 1.82) is 0 Å². The van der Waals surface area contributed by atoms with Crippen LogP contribution in [0.15, 0.2) is 38.6 Å². The summed E-state index contributed by atoms with van der Waals surface area (Å²) >= 11 is 0. The molecule has 2 heterocycles. The molecule has 0 spiro atoms. The Bertz CT molecular complexity index is 1320. The molecule has 29 heavy (non-hydrogen) atoms. The lowest BCUT2D eigenvalue weighted by Crippen LogP contribution is -2.42. The third-order valence-electron chi connectivity index (χ3n) is 4.63. The molecule has 1 N–H and O–H groups in total. The van der Waals surface area contributed by atoms with E-state index in [1.807, 2.05) is 0 Å². The van der Waals surface area contributed by atoms with Gasteiger partial charge in [-0.3, -0.25) is 28.1 Å². The summed E-state index contributed by atoms with van der Waals surface area (Å²) in [5.41, 5.74) is -2.60. The quantitative estimate of drug-likeness (QED) is 0.712. The maximum Gasteiger partial charge on any atom is 0.332 e. The van der Waals surface area contributed by atoms with Crippen molar-refractivity contribution < 1.29 is 13.6 Å². The molecule has 0 saturated heterocycles. The van der Waals surface area contributed by atoms with Gasteiger partial charge in [-0.25, -0.2) is 13.6 Å². The second-order valence-electron chi connectivity index (χ2n) is 6.31. The van der Waals surface area contributed by atoms with E-state index in [0.717, 1.165) is 27.3 Å². The fraction of sp³-hybridized carbons (Fsp3) is 0.263. The summed E-state index contributed by atoms with van der Waals surface area (Å²) in [6, 6.07) is 3.54. The third-order valence-corrected chi connectivity index (χ3v) is 4.63. The molecule has 0 radical (unpaired) electrons. The first kappa shape index (κ1) is 20.2. The van der Waals surface area contributed by atoms with E-state index in [4.69, 9.17) is 0 Å². The molecule has 152 valence electrons. The lowest BCUT2D eigenvalue weighted by atomic mass is 10.1. The minimum absolute atomic E-state index is 0.00979. The van der Waals surface area contributed by atoms with Crippen molar-refractivity contribution in [1.82, 2.24) is 13.7 Å². The summed E-state index contributed by atoms with van der Waals surface area (Å²) in [7, 11) is 1.39. The molecule has 1 aromatic carbocycles. The zero-order valence-corrected chi connectivity index (χ0v) is 16.0. The van der Waals surface area contributed by atoms with Crippen LogP contribution in [-0.4, -0.2) is 19.6 Å². The van der Waals surface area contributed by atoms with Crippen LogP contribution in [0.5, 0.6) is 0 Å². The largest absolute Gasteiger partial charge is 0.332 e. The van der Waals surface area contributed by atoms with Gasteiger partial charge in [0.15, 0.2) is 0 Å². The Morgan fingerprint density at radius 2 is 1.69 bits per heavy atom. The first-order chi connectivity index (χ1) is 13.7. The van der Waals surface area contributed by atoms with Gasteiger partial charge in [-0.05, 0) is 26.0 Å². The maximum atomic E-state index is 13.9. The maximum absolute atomic E-state index is 13.9. The zero-order valence-electron chi connectivity index (χ0n) is 16.0. The Morgan fingerprint density at radius 3 is 2.28 bits per heavy atom. The summed E-state index contributed by atoms with van der Waals surface area (Å²) in [5, 5.41) is 2.10. The Kier molecular flexibility index (Phi) is 5.19. The first-order valence-electron chi connectivity index (χ1n) is 8.85. The van der Waals surface area contributed by atoms with Gasteiger partial charge >= 0.3 is 5.69 Å². The van der Waals surface area contributed by atoms with Crippen LogP contribution >= 0.6 is 0 Å². The van der Waals surface area contributed by atoms with E-state index in [2.05, 4.69) is 5.32 Å². The highest BCUT2D eigenvalue weighted by atomic mass is 19.1. The molecular weight excluding hydrogens is 386 g/mol. The number of benzene rings is 1. The highest BCUT2D eigenvalue weighted by molar-refractivity contribution is 6.11. The molecule has 0 atom stereocenters. The van der Waals surface area contributed by atoms with Crippen molar-refractivity contribution in [2.75, 3.05) is 5.32 Å². The smallest absolute Gasteiger partial charge is 0.319 e. The number of rotatable bonds is 4. The van der Waals surface area contributed by atoms with E-state index in [0.29, 0.717) is 6.07 Å². The van der Waals surface area contributed by atoms with Crippen molar-refractivity contribution >= 4 is 22.6 Å². The zero-order chi connectivity index (χ0) is 21.5. The van der Waals surface area contributed by atoms with Crippen molar-refractivity contribution in [2.45, 2.75) is 26.9 Å². The van der Waals surface area contributed by atoms with Crippen LogP contribution in [0.3, 0.4) is 0 Å². The number of nitrogens with zero attached hydrogens (tertiary/aromatic N) is 3. The van der Waals surface area contributed by atoms with Crippen LogP contribution in [0.25, 0.3) is 11.0 Å². The Balaban J connectivity index is 2.34. The van der Waals surface area contributed by atoms with E-state index >= 15 is 0 Å². The molecule has 0 fully saturated rings. The fourth-order valence-electron chi connectivity index (χ4n) is 3.23. The second-order valence-corrected chi connectivity index (χ2v) is 6.31. The van der Waals surface area contributed by atoms with Gasteiger partial charge in [0.05, 0.1) is 16.6 Å². The molecule has 8 nitrogen and oxygen atoms in total. The molecule has 0 unspecified atom stereocenters. The summed E-state index contributed by atoms with van der Waals surface area (Å²) in [4.78, 5) is 50.7. The normalized spacial score (nSPS) is 11.1. The Labute approximate surface area is 162 Å².